The maximum Gasteiger partial charge on any atom is 0.197 e. The zero-order valence-electron chi connectivity index (χ0n) is 13.9. The Kier molecular flexibility index (Phi) is 4.68. The fourth-order valence-electron chi connectivity index (χ4n) is 2.43. The molecule has 0 fully saturated rings. The smallest absolute Gasteiger partial charge is 0.197 e. The highest BCUT2D eigenvalue weighted by Crippen LogP contribution is 2.30. The Hall–Kier alpha value is -2.58. The van der Waals surface area contributed by atoms with Crippen molar-refractivity contribution in [1.29, 1.82) is 5.26 Å². The molecular formula is C19H18N4S. The van der Waals surface area contributed by atoms with Gasteiger partial charge in [0.05, 0.1) is 11.3 Å². The van der Waals surface area contributed by atoms with Crippen LogP contribution < -0.4 is 0 Å². The van der Waals surface area contributed by atoms with E-state index in [1.807, 2.05) is 23.6 Å². The average Bonchev–Trinajstić information content (AvgIpc) is 2.99. The highest BCUT2D eigenvalue weighted by molar-refractivity contribution is 8.00. The molecule has 1 unspecified atom stereocenters. The second kappa shape index (κ2) is 6.90. The molecule has 3 rings (SSSR count). The summed E-state index contributed by atoms with van der Waals surface area (Å²) in [7, 11) is 0. The maximum atomic E-state index is 9.13. The highest BCUT2D eigenvalue weighted by atomic mass is 32.2. The Bertz CT molecular complexity index is 890. The number of benzene rings is 2. The molecule has 1 aromatic heterocycles. The van der Waals surface area contributed by atoms with Crippen molar-refractivity contribution in [2.75, 3.05) is 0 Å². The maximum absolute atomic E-state index is 9.13. The van der Waals surface area contributed by atoms with Crippen LogP contribution in [0, 0.1) is 25.2 Å². The first-order valence-corrected chi connectivity index (χ1v) is 8.62. The Morgan fingerprint density at radius 3 is 2.46 bits per heavy atom. The minimum Gasteiger partial charge on any atom is -0.270 e. The molecule has 0 saturated heterocycles. The molecule has 0 radical (unpaired) electrons. The lowest BCUT2D eigenvalue weighted by Gasteiger charge is -2.11. The topological polar surface area (TPSA) is 54.5 Å². The minimum absolute atomic E-state index is 0.191. The summed E-state index contributed by atoms with van der Waals surface area (Å²) < 4.78 is 2.02. The van der Waals surface area contributed by atoms with Crippen molar-refractivity contribution in [3.8, 4) is 23.1 Å². The lowest BCUT2D eigenvalue weighted by atomic mass is 10.1. The first kappa shape index (κ1) is 16.3. The molecule has 1 atom stereocenters. The van der Waals surface area contributed by atoms with Crippen molar-refractivity contribution in [2.24, 2.45) is 0 Å². The van der Waals surface area contributed by atoms with Gasteiger partial charge in [-0.05, 0) is 39.0 Å². The van der Waals surface area contributed by atoms with E-state index in [-0.39, 0.29) is 5.25 Å². The predicted molar refractivity (Wildman–Crippen MR) is 97.2 cm³/mol. The predicted octanol–water partition coefficient (Wildman–Crippen LogP) is 4.56. The summed E-state index contributed by atoms with van der Waals surface area (Å²) >= 11 is 1.42. The van der Waals surface area contributed by atoms with E-state index in [0.717, 1.165) is 22.2 Å². The van der Waals surface area contributed by atoms with Gasteiger partial charge in [0.15, 0.2) is 11.0 Å². The van der Waals surface area contributed by atoms with E-state index in [1.165, 1.54) is 22.9 Å². The van der Waals surface area contributed by atoms with Crippen LogP contribution in [-0.2, 0) is 0 Å². The van der Waals surface area contributed by atoms with Crippen molar-refractivity contribution < 1.29 is 0 Å². The standard InChI is InChI=1S/C19H18N4S/c1-13-7-9-17(10-8-13)23-18(16-6-4-5-14(2)11-16)21-22-19(23)24-15(3)12-20/h4-11,15H,1-3H3. The first-order chi connectivity index (χ1) is 11.6. The molecule has 2 aromatic carbocycles. The second-order valence-corrected chi connectivity index (χ2v) is 7.04. The van der Waals surface area contributed by atoms with E-state index in [1.54, 1.807) is 0 Å². The van der Waals surface area contributed by atoms with Gasteiger partial charge < -0.3 is 0 Å². The molecule has 0 saturated carbocycles. The van der Waals surface area contributed by atoms with Crippen LogP contribution in [0.15, 0.2) is 53.7 Å². The number of nitriles is 1. The molecule has 1 heterocycles. The van der Waals surface area contributed by atoms with E-state index >= 15 is 0 Å². The minimum atomic E-state index is -0.191. The first-order valence-electron chi connectivity index (χ1n) is 7.74. The number of nitrogens with zero attached hydrogens (tertiary/aromatic N) is 4. The highest BCUT2D eigenvalue weighted by Gasteiger charge is 2.18. The van der Waals surface area contributed by atoms with Gasteiger partial charge in [0.25, 0.3) is 0 Å². The van der Waals surface area contributed by atoms with Crippen LogP contribution in [0.4, 0.5) is 0 Å². The Morgan fingerprint density at radius 1 is 1.04 bits per heavy atom. The Morgan fingerprint density at radius 2 is 1.79 bits per heavy atom. The van der Waals surface area contributed by atoms with Gasteiger partial charge >= 0.3 is 0 Å². The molecule has 0 aliphatic heterocycles. The SMILES string of the molecule is Cc1ccc(-n2c(SC(C)C#N)nnc2-c2cccc(C)c2)cc1. The molecule has 0 spiro atoms. The lowest BCUT2D eigenvalue weighted by Crippen LogP contribution is -2.02. The molecule has 0 N–H and O–H groups in total. The van der Waals surface area contributed by atoms with Gasteiger partial charge in [-0.1, -0.05) is 53.2 Å². The van der Waals surface area contributed by atoms with Gasteiger partial charge in [-0.3, -0.25) is 4.57 Å². The van der Waals surface area contributed by atoms with Crippen molar-refractivity contribution in [1.82, 2.24) is 14.8 Å². The molecule has 120 valence electrons. The van der Waals surface area contributed by atoms with Crippen LogP contribution in [0.5, 0.6) is 0 Å². The van der Waals surface area contributed by atoms with Crippen LogP contribution in [0.1, 0.15) is 18.1 Å². The van der Waals surface area contributed by atoms with Crippen LogP contribution >= 0.6 is 11.8 Å². The molecule has 4 nitrogen and oxygen atoms in total. The Labute approximate surface area is 146 Å². The van der Waals surface area contributed by atoms with E-state index in [9.17, 15) is 0 Å². The second-order valence-electron chi connectivity index (χ2n) is 5.74. The summed E-state index contributed by atoms with van der Waals surface area (Å²) in [5, 5.41) is 18.4. The van der Waals surface area contributed by atoms with Gasteiger partial charge in [0, 0.05) is 11.3 Å². The van der Waals surface area contributed by atoms with Gasteiger partial charge in [-0.25, -0.2) is 0 Å². The van der Waals surface area contributed by atoms with E-state index in [0.29, 0.717) is 0 Å². The van der Waals surface area contributed by atoms with Gasteiger partial charge in [0.2, 0.25) is 0 Å². The molecule has 0 amide bonds. The van der Waals surface area contributed by atoms with Crippen molar-refractivity contribution in [3.05, 3.63) is 59.7 Å². The Balaban J connectivity index is 2.16. The monoisotopic (exact) mass is 334 g/mol. The van der Waals surface area contributed by atoms with E-state index < -0.39 is 0 Å². The molecule has 24 heavy (non-hydrogen) atoms. The summed E-state index contributed by atoms with van der Waals surface area (Å²) in [5.41, 5.74) is 4.38. The van der Waals surface area contributed by atoms with Crippen LogP contribution in [-0.4, -0.2) is 20.0 Å². The van der Waals surface area contributed by atoms with Crippen LogP contribution in [0.3, 0.4) is 0 Å². The van der Waals surface area contributed by atoms with Gasteiger partial charge in [0.1, 0.15) is 0 Å². The summed E-state index contributed by atoms with van der Waals surface area (Å²) in [6.07, 6.45) is 0. The van der Waals surface area contributed by atoms with E-state index in [4.69, 9.17) is 5.26 Å². The number of hydrogen-bond donors (Lipinski definition) is 0. The molecule has 0 aliphatic rings. The summed E-state index contributed by atoms with van der Waals surface area (Å²) in [4.78, 5) is 0. The largest absolute Gasteiger partial charge is 0.270 e. The summed E-state index contributed by atoms with van der Waals surface area (Å²) in [5.74, 6) is 0.787. The number of rotatable bonds is 4. The number of aryl methyl sites for hydroxylation is 2. The van der Waals surface area contributed by atoms with Crippen LogP contribution in [0.2, 0.25) is 0 Å². The summed E-state index contributed by atoms with van der Waals surface area (Å²) in [6.45, 7) is 5.99. The molecule has 0 aliphatic carbocycles. The number of thioether (sulfide) groups is 1. The van der Waals surface area contributed by atoms with Gasteiger partial charge in [-0.2, -0.15) is 5.26 Å². The van der Waals surface area contributed by atoms with Crippen LogP contribution in [0.25, 0.3) is 17.1 Å². The normalized spacial score (nSPS) is 11.9. The zero-order chi connectivity index (χ0) is 17.1. The zero-order valence-corrected chi connectivity index (χ0v) is 14.7. The number of aromatic nitrogens is 3. The number of hydrogen-bond acceptors (Lipinski definition) is 4. The fourth-order valence-corrected chi connectivity index (χ4v) is 3.18. The lowest BCUT2D eigenvalue weighted by molar-refractivity contribution is 0.883. The molecule has 5 heteroatoms. The fraction of sp³-hybridized carbons (Fsp3) is 0.211. The third-order valence-electron chi connectivity index (χ3n) is 3.67. The molecule has 0 bridgehead atoms. The third kappa shape index (κ3) is 3.34. The van der Waals surface area contributed by atoms with Crippen molar-refractivity contribution in [3.63, 3.8) is 0 Å². The molecule has 3 aromatic rings. The van der Waals surface area contributed by atoms with Crippen molar-refractivity contribution in [2.45, 2.75) is 31.2 Å². The van der Waals surface area contributed by atoms with E-state index in [2.05, 4.69) is 66.5 Å². The average molecular weight is 334 g/mol. The summed E-state index contributed by atoms with van der Waals surface area (Å²) in [6, 6.07) is 18.7. The third-order valence-corrected chi connectivity index (χ3v) is 4.60. The van der Waals surface area contributed by atoms with Gasteiger partial charge in [-0.15, -0.1) is 10.2 Å². The van der Waals surface area contributed by atoms with Crippen molar-refractivity contribution >= 4 is 11.8 Å². The quantitative estimate of drug-likeness (QED) is 0.657. The molecular weight excluding hydrogens is 316 g/mol.